The number of aromatic carboxylic acids is 1. The number of rotatable bonds is 3. The maximum Gasteiger partial charge on any atom is 0.335 e. The van der Waals surface area contributed by atoms with E-state index in [2.05, 4.69) is 5.16 Å². The first-order valence-electron chi connectivity index (χ1n) is 7.67. The van der Waals surface area contributed by atoms with E-state index in [4.69, 9.17) is 9.63 Å². The van der Waals surface area contributed by atoms with Gasteiger partial charge in [0.2, 0.25) is 5.91 Å². The SMILES string of the molecule is O=C(O)c1ccc2noc(-c3ccc(N4CCCC4=O)cc3)c2c1. The lowest BCUT2D eigenvalue weighted by atomic mass is 10.1. The van der Waals surface area contributed by atoms with Crippen molar-refractivity contribution in [3.63, 3.8) is 0 Å². The van der Waals surface area contributed by atoms with Crippen molar-refractivity contribution in [2.45, 2.75) is 12.8 Å². The van der Waals surface area contributed by atoms with Gasteiger partial charge < -0.3 is 14.5 Å². The monoisotopic (exact) mass is 322 g/mol. The van der Waals surface area contributed by atoms with Crippen LogP contribution in [0.3, 0.4) is 0 Å². The molecule has 0 radical (unpaired) electrons. The third kappa shape index (κ3) is 2.32. The Morgan fingerprint density at radius 3 is 2.62 bits per heavy atom. The molecule has 24 heavy (non-hydrogen) atoms. The minimum Gasteiger partial charge on any atom is -0.478 e. The number of hydrogen-bond donors (Lipinski definition) is 1. The molecule has 6 heteroatoms. The molecule has 0 unspecified atom stereocenters. The van der Waals surface area contributed by atoms with Crippen molar-refractivity contribution in [2.75, 3.05) is 11.4 Å². The van der Waals surface area contributed by atoms with E-state index in [1.165, 1.54) is 6.07 Å². The molecule has 0 bridgehead atoms. The number of aromatic nitrogens is 1. The molecular formula is C18H14N2O4. The summed E-state index contributed by atoms with van der Waals surface area (Å²) in [6, 6.07) is 12.1. The number of benzene rings is 2. The summed E-state index contributed by atoms with van der Waals surface area (Å²) in [5.41, 5.74) is 2.44. The highest BCUT2D eigenvalue weighted by atomic mass is 16.5. The maximum atomic E-state index is 11.8. The van der Waals surface area contributed by atoms with Gasteiger partial charge in [0.05, 0.1) is 10.9 Å². The fourth-order valence-corrected chi connectivity index (χ4v) is 3.00. The fraction of sp³-hybridized carbons (Fsp3) is 0.167. The average molecular weight is 322 g/mol. The second kappa shape index (κ2) is 5.49. The summed E-state index contributed by atoms with van der Waals surface area (Å²) in [7, 11) is 0. The van der Waals surface area contributed by atoms with Gasteiger partial charge in [-0.3, -0.25) is 4.79 Å². The van der Waals surface area contributed by atoms with E-state index in [0.717, 1.165) is 24.2 Å². The van der Waals surface area contributed by atoms with Gasteiger partial charge in [0.25, 0.3) is 0 Å². The Morgan fingerprint density at radius 2 is 1.96 bits per heavy atom. The molecular weight excluding hydrogens is 308 g/mol. The Labute approximate surface area is 137 Å². The second-order valence-corrected chi connectivity index (χ2v) is 5.74. The summed E-state index contributed by atoms with van der Waals surface area (Å²) in [5.74, 6) is -0.335. The Morgan fingerprint density at radius 1 is 1.17 bits per heavy atom. The average Bonchev–Trinajstić information content (AvgIpc) is 3.20. The number of carboxylic acids is 1. The molecule has 120 valence electrons. The highest BCUT2D eigenvalue weighted by Gasteiger charge is 2.22. The standard InChI is InChI=1S/C18H14N2O4/c21-16-2-1-9-20(16)13-6-3-11(4-7-13)17-14-10-12(18(22)23)5-8-15(14)19-24-17/h3-8,10H,1-2,9H2,(H,22,23). The van der Waals surface area contributed by atoms with Crippen LogP contribution in [0.25, 0.3) is 22.2 Å². The van der Waals surface area contributed by atoms with Crippen molar-refractivity contribution in [1.29, 1.82) is 0 Å². The summed E-state index contributed by atoms with van der Waals surface area (Å²) in [6.45, 7) is 0.741. The number of carbonyl (C=O) groups is 2. The number of carboxylic acid groups (broad SMARTS) is 1. The van der Waals surface area contributed by atoms with Crippen LogP contribution in [-0.4, -0.2) is 28.7 Å². The number of nitrogens with zero attached hydrogens (tertiary/aromatic N) is 2. The van der Waals surface area contributed by atoms with Crippen molar-refractivity contribution in [3.05, 3.63) is 48.0 Å². The molecule has 2 aromatic carbocycles. The van der Waals surface area contributed by atoms with Crippen LogP contribution in [0.5, 0.6) is 0 Å². The lowest BCUT2D eigenvalue weighted by Crippen LogP contribution is -2.23. The van der Waals surface area contributed by atoms with Gasteiger partial charge in [0.1, 0.15) is 5.52 Å². The predicted molar refractivity (Wildman–Crippen MR) is 88.0 cm³/mol. The van der Waals surface area contributed by atoms with Crippen molar-refractivity contribution in [1.82, 2.24) is 5.16 Å². The molecule has 1 fully saturated rings. The van der Waals surface area contributed by atoms with Crippen LogP contribution in [0.2, 0.25) is 0 Å². The molecule has 0 saturated carbocycles. The van der Waals surface area contributed by atoms with Gasteiger partial charge in [-0.05, 0) is 48.9 Å². The smallest absolute Gasteiger partial charge is 0.335 e. The van der Waals surface area contributed by atoms with E-state index in [-0.39, 0.29) is 11.5 Å². The minimum atomic E-state index is -0.994. The number of carbonyl (C=O) groups excluding carboxylic acids is 1. The lowest BCUT2D eigenvalue weighted by Gasteiger charge is -2.15. The topological polar surface area (TPSA) is 83.6 Å². The summed E-state index contributed by atoms with van der Waals surface area (Å²) in [4.78, 5) is 24.7. The van der Waals surface area contributed by atoms with Crippen molar-refractivity contribution >= 4 is 28.5 Å². The molecule has 6 nitrogen and oxygen atoms in total. The van der Waals surface area contributed by atoms with Crippen LogP contribution >= 0.6 is 0 Å². The molecule has 1 aliphatic rings. The van der Waals surface area contributed by atoms with E-state index in [1.54, 1.807) is 17.0 Å². The van der Waals surface area contributed by atoms with Crippen molar-refractivity contribution in [2.24, 2.45) is 0 Å². The zero-order valence-corrected chi connectivity index (χ0v) is 12.7. The molecule has 0 spiro atoms. The van der Waals surface area contributed by atoms with E-state index in [9.17, 15) is 9.59 Å². The van der Waals surface area contributed by atoms with Gasteiger partial charge in [-0.25, -0.2) is 4.79 Å². The van der Waals surface area contributed by atoms with Crippen molar-refractivity contribution in [3.8, 4) is 11.3 Å². The zero-order chi connectivity index (χ0) is 16.7. The molecule has 3 aromatic rings. The molecule has 4 rings (SSSR count). The highest BCUT2D eigenvalue weighted by molar-refractivity contribution is 5.99. The van der Waals surface area contributed by atoms with Gasteiger partial charge in [-0.1, -0.05) is 5.16 Å². The van der Waals surface area contributed by atoms with E-state index < -0.39 is 5.97 Å². The summed E-state index contributed by atoms with van der Waals surface area (Å²) < 4.78 is 5.40. The maximum absolute atomic E-state index is 11.8. The Bertz CT molecular complexity index is 943. The van der Waals surface area contributed by atoms with Crippen LogP contribution in [0.15, 0.2) is 47.0 Å². The third-order valence-corrected chi connectivity index (χ3v) is 4.24. The molecule has 0 atom stereocenters. The fourth-order valence-electron chi connectivity index (χ4n) is 3.00. The summed E-state index contributed by atoms with van der Waals surface area (Å²) in [5, 5.41) is 13.8. The number of anilines is 1. The van der Waals surface area contributed by atoms with Gasteiger partial charge >= 0.3 is 5.97 Å². The van der Waals surface area contributed by atoms with Gasteiger partial charge in [-0.15, -0.1) is 0 Å². The Kier molecular flexibility index (Phi) is 3.30. The Hall–Kier alpha value is -3.15. The summed E-state index contributed by atoms with van der Waals surface area (Å²) in [6.07, 6.45) is 1.47. The normalized spacial score (nSPS) is 14.5. The zero-order valence-electron chi connectivity index (χ0n) is 12.7. The number of amides is 1. The third-order valence-electron chi connectivity index (χ3n) is 4.24. The first kappa shape index (κ1) is 14.4. The van der Waals surface area contributed by atoms with E-state index in [1.807, 2.05) is 24.3 Å². The van der Waals surface area contributed by atoms with Gasteiger partial charge in [0, 0.05) is 24.2 Å². The molecule has 1 saturated heterocycles. The quantitative estimate of drug-likeness (QED) is 0.799. The van der Waals surface area contributed by atoms with E-state index >= 15 is 0 Å². The number of fused-ring (bicyclic) bond motifs is 1. The van der Waals surface area contributed by atoms with Crippen LogP contribution in [-0.2, 0) is 4.79 Å². The first-order chi connectivity index (χ1) is 11.6. The van der Waals surface area contributed by atoms with Gasteiger partial charge in [0.15, 0.2) is 5.76 Å². The molecule has 1 N–H and O–H groups in total. The molecule has 1 aliphatic heterocycles. The Balaban J connectivity index is 1.73. The predicted octanol–water partition coefficient (Wildman–Crippen LogP) is 3.32. The second-order valence-electron chi connectivity index (χ2n) is 5.74. The molecule has 1 amide bonds. The molecule has 1 aromatic heterocycles. The minimum absolute atomic E-state index is 0.138. The molecule has 0 aliphatic carbocycles. The van der Waals surface area contributed by atoms with E-state index in [0.29, 0.717) is 23.1 Å². The molecule has 2 heterocycles. The van der Waals surface area contributed by atoms with Crippen LogP contribution in [0.1, 0.15) is 23.2 Å². The van der Waals surface area contributed by atoms with Gasteiger partial charge in [-0.2, -0.15) is 0 Å². The number of hydrogen-bond acceptors (Lipinski definition) is 4. The lowest BCUT2D eigenvalue weighted by molar-refractivity contribution is -0.117. The van der Waals surface area contributed by atoms with Crippen molar-refractivity contribution < 1.29 is 19.2 Å². The van der Waals surface area contributed by atoms with Crippen LogP contribution in [0, 0.1) is 0 Å². The largest absolute Gasteiger partial charge is 0.478 e. The summed E-state index contributed by atoms with van der Waals surface area (Å²) >= 11 is 0. The highest BCUT2D eigenvalue weighted by Crippen LogP contribution is 2.31. The van der Waals surface area contributed by atoms with Crippen LogP contribution < -0.4 is 4.90 Å². The van der Waals surface area contributed by atoms with Crippen LogP contribution in [0.4, 0.5) is 5.69 Å². The first-order valence-corrected chi connectivity index (χ1v) is 7.67.